The number of nitrogens with zero attached hydrogens (tertiary/aromatic N) is 1. The summed E-state index contributed by atoms with van der Waals surface area (Å²) in [4.78, 5) is 14.9. The fourth-order valence-corrected chi connectivity index (χ4v) is 2.97. The molecule has 0 bridgehead atoms. The molecule has 1 saturated carbocycles. The van der Waals surface area contributed by atoms with Gasteiger partial charge in [-0.05, 0) is 31.6 Å². The van der Waals surface area contributed by atoms with Crippen molar-refractivity contribution in [3.8, 4) is 0 Å². The fourth-order valence-electron chi connectivity index (χ4n) is 2.68. The normalized spacial score (nSPS) is 15.5. The van der Waals surface area contributed by atoms with Gasteiger partial charge in [-0.2, -0.15) is 0 Å². The first-order valence-corrected chi connectivity index (χ1v) is 7.44. The number of carbonyl (C=O) groups is 1. The molecule has 0 unspecified atom stereocenters. The number of nitrogens with two attached hydrogens (primary N) is 1. The molecule has 3 nitrogen and oxygen atoms in total. The van der Waals surface area contributed by atoms with Crippen LogP contribution in [0.1, 0.15) is 52.4 Å². The van der Waals surface area contributed by atoms with E-state index in [1.165, 1.54) is 12.8 Å². The van der Waals surface area contributed by atoms with Gasteiger partial charge in [-0.1, -0.05) is 38.9 Å². The van der Waals surface area contributed by atoms with E-state index in [1.807, 2.05) is 11.9 Å². The molecular weight excluding hydrogens is 244 g/mol. The lowest BCUT2D eigenvalue weighted by atomic mass is 9.77. The van der Waals surface area contributed by atoms with Crippen LogP contribution in [0.5, 0.6) is 0 Å². The molecule has 0 atom stereocenters. The van der Waals surface area contributed by atoms with Crippen LogP contribution in [-0.2, 0) is 4.79 Å². The number of thiocarbonyl (C=S) groups is 1. The molecule has 2 N–H and O–H groups in total. The molecule has 0 spiro atoms. The minimum atomic E-state index is -0.609. The molecule has 1 fully saturated rings. The predicted octanol–water partition coefficient (Wildman–Crippen LogP) is 2.73. The molecule has 0 heterocycles. The fraction of sp³-hybridized carbons (Fsp3) is 0.857. The van der Waals surface area contributed by atoms with E-state index in [0.717, 1.165) is 32.2 Å². The van der Waals surface area contributed by atoms with E-state index < -0.39 is 5.41 Å². The van der Waals surface area contributed by atoms with Crippen molar-refractivity contribution in [2.45, 2.75) is 52.4 Å². The Morgan fingerprint density at radius 3 is 2.17 bits per heavy atom. The third-order valence-corrected chi connectivity index (χ3v) is 4.20. The Hall–Kier alpha value is -0.640. The molecule has 0 aromatic rings. The molecule has 104 valence electrons. The second-order valence-corrected chi connectivity index (χ2v) is 6.02. The van der Waals surface area contributed by atoms with E-state index in [1.54, 1.807) is 0 Å². The summed E-state index contributed by atoms with van der Waals surface area (Å²) in [5.74, 6) is 0.830. The molecular formula is C14H26N2OS. The third kappa shape index (κ3) is 3.44. The average molecular weight is 270 g/mol. The zero-order valence-electron chi connectivity index (χ0n) is 11.9. The van der Waals surface area contributed by atoms with Gasteiger partial charge >= 0.3 is 0 Å². The molecule has 1 aliphatic carbocycles. The van der Waals surface area contributed by atoms with E-state index >= 15 is 0 Å². The Kier molecular flexibility index (Phi) is 5.57. The summed E-state index contributed by atoms with van der Waals surface area (Å²) >= 11 is 5.22. The summed E-state index contributed by atoms with van der Waals surface area (Å²) in [7, 11) is 1.89. The number of hydrogen-bond donors (Lipinski definition) is 1. The summed E-state index contributed by atoms with van der Waals surface area (Å²) in [6.07, 6.45) is 5.90. The Morgan fingerprint density at radius 2 is 1.83 bits per heavy atom. The second kappa shape index (κ2) is 6.50. The Morgan fingerprint density at radius 1 is 1.33 bits per heavy atom. The number of amides is 1. The quantitative estimate of drug-likeness (QED) is 0.690. The highest BCUT2D eigenvalue weighted by Crippen LogP contribution is 2.35. The number of carbonyl (C=O) groups excluding carboxylic acids is 1. The van der Waals surface area contributed by atoms with Crippen molar-refractivity contribution in [1.29, 1.82) is 0 Å². The van der Waals surface area contributed by atoms with E-state index in [0.29, 0.717) is 10.9 Å². The first-order valence-electron chi connectivity index (χ1n) is 7.03. The average Bonchev–Trinajstić information content (AvgIpc) is 3.11. The van der Waals surface area contributed by atoms with Gasteiger partial charge in [0.1, 0.15) is 0 Å². The van der Waals surface area contributed by atoms with Crippen molar-refractivity contribution in [2.24, 2.45) is 17.1 Å². The smallest absolute Gasteiger partial charge is 0.235 e. The summed E-state index contributed by atoms with van der Waals surface area (Å²) in [5.41, 5.74) is 5.30. The van der Waals surface area contributed by atoms with Gasteiger partial charge in [0.25, 0.3) is 0 Å². The first kappa shape index (κ1) is 15.4. The summed E-state index contributed by atoms with van der Waals surface area (Å²) in [6, 6.07) is 0. The summed E-state index contributed by atoms with van der Waals surface area (Å²) in [6.45, 7) is 5.02. The Bertz CT molecular complexity index is 307. The molecule has 0 aromatic carbocycles. The second-order valence-electron chi connectivity index (χ2n) is 5.58. The van der Waals surface area contributed by atoms with E-state index in [2.05, 4.69) is 13.8 Å². The van der Waals surface area contributed by atoms with Crippen LogP contribution >= 0.6 is 12.2 Å². The van der Waals surface area contributed by atoms with Crippen LogP contribution in [0.2, 0.25) is 0 Å². The number of rotatable bonds is 8. The summed E-state index contributed by atoms with van der Waals surface area (Å²) in [5, 5.41) is 0. The molecule has 1 amide bonds. The topological polar surface area (TPSA) is 46.3 Å². The Labute approximate surface area is 116 Å². The summed E-state index contributed by atoms with van der Waals surface area (Å²) < 4.78 is 0. The Balaban J connectivity index is 2.83. The molecule has 0 aliphatic heterocycles. The van der Waals surface area contributed by atoms with Crippen LogP contribution in [0.15, 0.2) is 0 Å². The first-order chi connectivity index (χ1) is 8.47. The van der Waals surface area contributed by atoms with Crippen LogP contribution in [0.25, 0.3) is 0 Å². The van der Waals surface area contributed by atoms with Crippen molar-refractivity contribution in [3.63, 3.8) is 0 Å². The minimum Gasteiger partial charge on any atom is -0.392 e. The number of hydrogen-bond acceptors (Lipinski definition) is 2. The van der Waals surface area contributed by atoms with Crippen molar-refractivity contribution in [2.75, 3.05) is 13.6 Å². The molecule has 0 aromatic heterocycles. The molecule has 0 saturated heterocycles. The molecule has 4 heteroatoms. The van der Waals surface area contributed by atoms with Crippen LogP contribution < -0.4 is 5.73 Å². The van der Waals surface area contributed by atoms with Gasteiger partial charge in [-0.3, -0.25) is 4.79 Å². The SMILES string of the molecule is CCCC(CCC)(C(=O)N(C)CC1CC1)C(N)=S. The van der Waals surface area contributed by atoms with Crippen molar-refractivity contribution < 1.29 is 4.79 Å². The largest absolute Gasteiger partial charge is 0.392 e. The lowest BCUT2D eigenvalue weighted by Gasteiger charge is -2.35. The van der Waals surface area contributed by atoms with Crippen molar-refractivity contribution in [3.05, 3.63) is 0 Å². The van der Waals surface area contributed by atoms with Gasteiger partial charge in [0.15, 0.2) is 0 Å². The standard InChI is InChI=1S/C14H26N2OS/c1-4-8-14(9-5-2,12(15)18)13(17)16(3)10-11-6-7-11/h11H,4-10H2,1-3H3,(H2,15,18). The maximum atomic E-state index is 12.7. The van der Waals surface area contributed by atoms with Crippen molar-refractivity contribution in [1.82, 2.24) is 4.90 Å². The van der Waals surface area contributed by atoms with Gasteiger partial charge in [0.05, 0.1) is 10.4 Å². The van der Waals surface area contributed by atoms with Gasteiger partial charge in [0, 0.05) is 13.6 Å². The van der Waals surface area contributed by atoms with Gasteiger partial charge in [0.2, 0.25) is 5.91 Å². The predicted molar refractivity (Wildman–Crippen MR) is 79.4 cm³/mol. The van der Waals surface area contributed by atoms with E-state index in [9.17, 15) is 4.79 Å². The van der Waals surface area contributed by atoms with Gasteiger partial charge in [-0.25, -0.2) is 0 Å². The lowest BCUT2D eigenvalue weighted by molar-refractivity contribution is -0.138. The zero-order chi connectivity index (χ0) is 13.8. The van der Waals surface area contributed by atoms with Gasteiger partial charge in [-0.15, -0.1) is 0 Å². The van der Waals surface area contributed by atoms with Crippen LogP contribution in [0, 0.1) is 11.3 Å². The molecule has 1 rings (SSSR count). The molecule has 1 aliphatic rings. The zero-order valence-corrected chi connectivity index (χ0v) is 12.7. The highest BCUT2D eigenvalue weighted by molar-refractivity contribution is 7.80. The highest BCUT2D eigenvalue weighted by Gasteiger charge is 2.42. The maximum Gasteiger partial charge on any atom is 0.235 e. The maximum absolute atomic E-state index is 12.7. The molecule has 18 heavy (non-hydrogen) atoms. The van der Waals surface area contributed by atoms with Crippen LogP contribution in [0.3, 0.4) is 0 Å². The monoisotopic (exact) mass is 270 g/mol. The van der Waals surface area contributed by atoms with Crippen LogP contribution in [-0.4, -0.2) is 29.4 Å². The van der Waals surface area contributed by atoms with E-state index in [4.69, 9.17) is 18.0 Å². The third-order valence-electron chi connectivity index (χ3n) is 3.81. The van der Waals surface area contributed by atoms with Gasteiger partial charge < -0.3 is 10.6 Å². The minimum absolute atomic E-state index is 0.130. The van der Waals surface area contributed by atoms with Crippen LogP contribution in [0.4, 0.5) is 0 Å². The van der Waals surface area contributed by atoms with Crippen molar-refractivity contribution >= 4 is 23.1 Å². The van der Waals surface area contributed by atoms with E-state index in [-0.39, 0.29) is 5.91 Å². The lowest BCUT2D eigenvalue weighted by Crippen LogP contribution is -2.50. The highest BCUT2D eigenvalue weighted by atomic mass is 32.1. The molecule has 0 radical (unpaired) electrons.